The van der Waals surface area contributed by atoms with E-state index in [0.717, 1.165) is 19.4 Å². The van der Waals surface area contributed by atoms with Gasteiger partial charge < -0.3 is 10.2 Å². The number of β-amino-alcohol motifs (C(OH)–C–C–N with tert-alkyl or cyclic N) is 1. The van der Waals surface area contributed by atoms with Crippen molar-refractivity contribution in [3.8, 4) is 0 Å². The highest BCUT2D eigenvalue weighted by Crippen LogP contribution is 2.34. The fourth-order valence-corrected chi connectivity index (χ4v) is 2.52. The number of nitrogens with zero attached hydrogens (tertiary/aromatic N) is 1. The topological polar surface area (TPSA) is 60.8 Å². The van der Waals surface area contributed by atoms with Gasteiger partial charge in [0.05, 0.1) is 11.0 Å². The Bertz CT molecular complexity index is 259. The number of carbonyl (C=O) groups is 1. The Kier molecular flexibility index (Phi) is 3.97. The lowest BCUT2D eigenvalue weighted by Crippen LogP contribution is -2.51. The molecule has 0 aromatic carbocycles. The number of hydrogen-bond acceptors (Lipinski definition) is 3. The molecule has 1 atom stereocenters. The second-order valence-corrected chi connectivity index (χ2v) is 5.57. The Morgan fingerprint density at radius 2 is 2.12 bits per heavy atom. The average Bonchev–Trinajstić information content (AvgIpc) is 2.15. The molecule has 0 radical (unpaired) electrons. The summed E-state index contributed by atoms with van der Waals surface area (Å²) in [5.74, 6) is -0.699. The van der Waals surface area contributed by atoms with Crippen LogP contribution in [0.4, 0.5) is 0 Å². The summed E-state index contributed by atoms with van der Waals surface area (Å²) in [6.07, 6.45) is 2.31. The third-order valence-electron chi connectivity index (χ3n) is 3.40. The summed E-state index contributed by atoms with van der Waals surface area (Å²) < 4.78 is 0. The zero-order valence-corrected chi connectivity index (χ0v) is 10.5. The van der Waals surface area contributed by atoms with Crippen molar-refractivity contribution in [2.75, 3.05) is 19.6 Å². The van der Waals surface area contributed by atoms with Crippen molar-refractivity contribution in [3.05, 3.63) is 0 Å². The van der Waals surface area contributed by atoms with E-state index in [0.29, 0.717) is 19.5 Å². The Hall–Kier alpha value is -0.610. The average molecular weight is 229 g/mol. The van der Waals surface area contributed by atoms with Crippen molar-refractivity contribution < 1.29 is 15.0 Å². The monoisotopic (exact) mass is 229 g/mol. The van der Waals surface area contributed by atoms with Crippen molar-refractivity contribution in [2.24, 2.45) is 5.41 Å². The molecular formula is C12H23NO3. The molecule has 2 N–H and O–H groups in total. The van der Waals surface area contributed by atoms with Crippen LogP contribution in [-0.4, -0.2) is 46.3 Å². The molecule has 1 heterocycles. The third-order valence-corrected chi connectivity index (χ3v) is 3.40. The number of carboxylic acids is 1. The lowest BCUT2D eigenvalue weighted by Gasteiger charge is -2.41. The molecule has 0 spiro atoms. The van der Waals surface area contributed by atoms with Crippen LogP contribution < -0.4 is 0 Å². The molecule has 1 rings (SSSR count). The van der Waals surface area contributed by atoms with E-state index >= 15 is 0 Å². The van der Waals surface area contributed by atoms with Gasteiger partial charge >= 0.3 is 5.97 Å². The number of rotatable bonds is 4. The molecule has 1 aliphatic heterocycles. The second kappa shape index (κ2) is 4.72. The van der Waals surface area contributed by atoms with E-state index in [4.69, 9.17) is 0 Å². The van der Waals surface area contributed by atoms with Crippen LogP contribution in [0.3, 0.4) is 0 Å². The molecule has 0 saturated carbocycles. The van der Waals surface area contributed by atoms with Crippen molar-refractivity contribution in [1.82, 2.24) is 4.90 Å². The van der Waals surface area contributed by atoms with Gasteiger partial charge in [-0.25, -0.2) is 0 Å². The lowest BCUT2D eigenvalue weighted by atomic mass is 9.77. The summed E-state index contributed by atoms with van der Waals surface area (Å²) in [5, 5.41) is 19.1. The van der Waals surface area contributed by atoms with Crippen LogP contribution in [0, 0.1) is 5.41 Å². The minimum Gasteiger partial charge on any atom is -0.481 e. The maximum absolute atomic E-state index is 11.3. The first-order valence-electron chi connectivity index (χ1n) is 5.97. The van der Waals surface area contributed by atoms with E-state index in [1.165, 1.54) is 0 Å². The second-order valence-electron chi connectivity index (χ2n) is 5.57. The van der Waals surface area contributed by atoms with Gasteiger partial charge in [-0.15, -0.1) is 0 Å². The molecule has 0 bridgehead atoms. The molecule has 16 heavy (non-hydrogen) atoms. The zero-order chi connectivity index (χ0) is 12.4. The number of piperidine rings is 1. The number of hydrogen-bond donors (Lipinski definition) is 2. The van der Waals surface area contributed by atoms with E-state index in [-0.39, 0.29) is 0 Å². The molecule has 4 nitrogen and oxygen atoms in total. The maximum atomic E-state index is 11.3. The molecule has 1 fully saturated rings. The van der Waals surface area contributed by atoms with Crippen LogP contribution in [0.5, 0.6) is 0 Å². The van der Waals surface area contributed by atoms with E-state index in [1.54, 1.807) is 13.8 Å². The van der Waals surface area contributed by atoms with E-state index < -0.39 is 17.0 Å². The lowest BCUT2D eigenvalue weighted by molar-refractivity contribution is -0.153. The van der Waals surface area contributed by atoms with Gasteiger partial charge in [-0.3, -0.25) is 9.69 Å². The molecule has 94 valence electrons. The first kappa shape index (κ1) is 13.5. The van der Waals surface area contributed by atoms with Crippen LogP contribution in [0.15, 0.2) is 0 Å². The Morgan fingerprint density at radius 1 is 1.50 bits per heavy atom. The summed E-state index contributed by atoms with van der Waals surface area (Å²) in [7, 11) is 0. The fourth-order valence-electron chi connectivity index (χ4n) is 2.52. The summed E-state index contributed by atoms with van der Waals surface area (Å²) in [5.41, 5.74) is -1.36. The molecule has 0 amide bonds. The summed E-state index contributed by atoms with van der Waals surface area (Å²) >= 11 is 0. The molecule has 4 heteroatoms. The van der Waals surface area contributed by atoms with Gasteiger partial charge in [-0.1, -0.05) is 6.92 Å². The van der Waals surface area contributed by atoms with Gasteiger partial charge in [-0.2, -0.15) is 0 Å². The highest BCUT2D eigenvalue weighted by Gasteiger charge is 2.41. The Labute approximate surface area is 97.3 Å². The number of carboxylic acid groups (broad SMARTS) is 1. The van der Waals surface area contributed by atoms with Gasteiger partial charge in [-0.05, 0) is 39.7 Å². The van der Waals surface area contributed by atoms with Gasteiger partial charge in [0, 0.05) is 13.1 Å². The highest BCUT2D eigenvalue weighted by atomic mass is 16.4. The largest absolute Gasteiger partial charge is 0.481 e. The predicted molar refractivity (Wildman–Crippen MR) is 62.3 cm³/mol. The van der Waals surface area contributed by atoms with Crippen LogP contribution in [-0.2, 0) is 4.79 Å². The fraction of sp³-hybridized carbons (Fsp3) is 0.917. The highest BCUT2D eigenvalue weighted by molar-refractivity contribution is 5.75. The molecule has 1 unspecified atom stereocenters. The zero-order valence-electron chi connectivity index (χ0n) is 10.5. The standard InChI is InChI=1S/C12H23NO3/c1-4-12(10(14)15)6-5-7-13(9-12)8-11(2,3)16/h16H,4-9H2,1-3H3,(H,14,15). The van der Waals surface area contributed by atoms with Gasteiger partial charge in [0.25, 0.3) is 0 Å². The van der Waals surface area contributed by atoms with E-state index in [1.807, 2.05) is 6.92 Å². The van der Waals surface area contributed by atoms with Crippen molar-refractivity contribution in [1.29, 1.82) is 0 Å². The van der Waals surface area contributed by atoms with Gasteiger partial charge in [0.1, 0.15) is 0 Å². The Balaban J connectivity index is 2.69. The first-order chi connectivity index (χ1) is 7.29. The van der Waals surface area contributed by atoms with Crippen LogP contribution in [0.25, 0.3) is 0 Å². The van der Waals surface area contributed by atoms with E-state index in [2.05, 4.69) is 4.90 Å². The Morgan fingerprint density at radius 3 is 2.56 bits per heavy atom. The predicted octanol–water partition coefficient (Wildman–Crippen LogP) is 1.33. The summed E-state index contributed by atoms with van der Waals surface area (Å²) in [6.45, 7) is 7.44. The molecule has 0 aromatic heterocycles. The molecule has 1 saturated heterocycles. The number of aliphatic carboxylic acids is 1. The molecular weight excluding hydrogens is 206 g/mol. The number of likely N-dealkylation sites (tertiary alicyclic amines) is 1. The third kappa shape index (κ3) is 3.19. The smallest absolute Gasteiger partial charge is 0.310 e. The van der Waals surface area contributed by atoms with Gasteiger partial charge in [0.2, 0.25) is 0 Å². The van der Waals surface area contributed by atoms with Gasteiger partial charge in [0.15, 0.2) is 0 Å². The normalized spacial score (nSPS) is 28.0. The summed E-state index contributed by atoms with van der Waals surface area (Å²) in [4.78, 5) is 13.4. The molecule has 0 aliphatic carbocycles. The SMILES string of the molecule is CCC1(C(=O)O)CCCN(CC(C)(C)O)C1. The summed E-state index contributed by atoms with van der Waals surface area (Å²) in [6, 6.07) is 0. The first-order valence-corrected chi connectivity index (χ1v) is 5.97. The van der Waals surface area contributed by atoms with Crippen LogP contribution in [0.1, 0.15) is 40.0 Å². The molecule has 0 aromatic rings. The maximum Gasteiger partial charge on any atom is 0.310 e. The van der Waals surface area contributed by atoms with Crippen LogP contribution in [0.2, 0.25) is 0 Å². The van der Waals surface area contributed by atoms with Crippen molar-refractivity contribution in [2.45, 2.75) is 45.6 Å². The van der Waals surface area contributed by atoms with Crippen molar-refractivity contribution >= 4 is 5.97 Å². The van der Waals surface area contributed by atoms with E-state index in [9.17, 15) is 15.0 Å². The quantitative estimate of drug-likeness (QED) is 0.763. The number of aliphatic hydroxyl groups is 1. The minimum absolute atomic E-state index is 0.544. The molecule has 1 aliphatic rings. The van der Waals surface area contributed by atoms with Crippen molar-refractivity contribution in [3.63, 3.8) is 0 Å². The van der Waals surface area contributed by atoms with Crippen LogP contribution >= 0.6 is 0 Å². The minimum atomic E-state index is -0.755.